The molecule has 0 aromatic heterocycles. The Hall–Kier alpha value is -2.98. The molecule has 5 aliphatic heterocycles. The molecule has 1 aromatic rings. The number of fused-ring (bicyclic) bond motifs is 4. The van der Waals surface area contributed by atoms with E-state index in [1.807, 2.05) is 13.0 Å². The Bertz CT molecular complexity index is 2260. The molecule has 0 radical (unpaired) electrons. The number of methoxy groups -OCH3 is 1. The highest BCUT2D eigenvalue weighted by molar-refractivity contribution is 5.96. The van der Waals surface area contributed by atoms with Crippen molar-refractivity contribution in [2.75, 3.05) is 40.1 Å². The number of benzene rings is 1. The molecule has 7 fully saturated rings. The maximum atomic E-state index is 15.2. The van der Waals surface area contributed by atoms with E-state index >= 15 is 4.79 Å². The van der Waals surface area contributed by atoms with Crippen LogP contribution in [0.5, 0.6) is 5.75 Å². The molecule has 11 rings (SSSR count). The second-order valence-electron chi connectivity index (χ2n) is 23.1. The number of carbonyl (C=O) groups is 2. The van der Waals surface area contributed by atoms with Crippen LogP contribution >= 0.6 is 0 Å². The average Bonchev–Trinajstić information content (AvgIpc) is 3.60. The molecule has 15 heteroatoms. The van der Waals surface area contributed by atoms with Gasteiger partial charge in [-0.3, -0.25) is 14.9 Å². The number of allylic oxidation sites excluding steroid dienone is 1. The molecule has 15 nitrogen and oxygen atoms in total. The number of nitrogens with one attached hydrogen (secondary N) is 1. The molecular weight excluding hydrogens is 873 g/mol. The van der Waals surface area contributed by atoms with Crippen LogP contribution in [-0.2, 0) is 30.2 Å². The van der Waals surface area contributed by atoms with E-state index in [1.165, 1.54) is 6.92 Å². The summed E-state index contributed by atoms with van der Waals surface area (Å²) in [5.74, 6) is 0.595. The van der Waals surface area contributed by atoms with Crippen LogP contribution in [0.15, 0.2) is 29.8 Å². The summed E-state index contributed by atoms with van der Waals surface area (Å²) in [6.45, 7) is 6.23. The molecule has 1 amide bonds. The van der Waals surface area contributed by atoms with Gasteiger partial charge in [0.2, 0.25) is 11.7 Å². The highest BCUT2D eigenvalue weighted by Crippen LogP contribution is 2.74. The quantitative estimate of drug-likeness (QED) is 0.0710. The number of rotatable bonds is 10. The summed E-state index contributed by atoms with van der Waals surface area (Å²) in [5, 5.41) is 99.7. The fraction of sp³-hybridized carbons (Fsp3) is 0.774. The number of phenolic OH excluding ortho intramolecular Hbond substituents is 1. The molecule has 374 valence electrons. The molecule has 68 heavy (non-hydrogen) atoms. The first kappa shape index (κ1) is 48.6. The Balaban J connectivity index is 1.08. The number of hydrogen-bond donors (Lipinski definition) is 9. The van der Waals surface area contributed by atoms with Gasteiger partial charge < -0.3 is 60.0 Å². The molecule has 9 N–H and O–H groups in total. The van der Waals surface area contributed by atoms with Crippen LogP contribution in [0, 0.1) is 57.2 Å². The molecule has 5 aliphatic carbocycles. The number of hydrogen-bond acceptors (Lipinski definition) is 14. The van der Waals surface area contributed by atoms with Gasteiger partial charge in [-0.1, -0.05) is 31.9 Å². The van der Waals surface area contributed by atoms with E-state index in [1.54, 1.807) is 30.2 Å². The number of nitrogens with zero attached hydrogens (tertiary/aromatic N) is 1. The van der Waals surface area contributed by atoms with Gasteiger partial charge in [-0.05, 0) is 131 Å². The van der Waals surface area contributed by atoms with Gasteiger partial charge in [-0.15, -0.1) is 5.92 Å². The minimum Gasteiger partial charge on any atom is -0.508 e. The van der Waals surface area contributed by atoms with Gasteiger partial charge >= 0.3 is 0 Å². The van der Waals surface area contributed by atoms with Gasteiger partial charge in [0.15, 0.2) is 5.78 Å². The summed E-state index contributed by atoms with van der Waals surface area (Å²) >= 11 is 0. The molecule has 2 spiro atoms. The third-order valence-corrected chi connectivity index (χ3v) is 20.2. The van der Waals surface area contributed by atoms with Crippen molar-refractivity contribution < 1.29 is 64.7 Å². The highest BCUT2D eigenvalue weighted by Gasteiger charge is 2.77. The van der Waals surface area contributed by atoms with Crippen molar-refractivity contribution in [2.45, 2.75) is 170 Å². The summed E-state index contributed by atoms with van der Waals surface area (Å²) in [6, 6.07) is 4.17. The van der Waals surface area contributed by atoms with Crippen molar-refractivity contribution in [1.29, 1.82) is 0 Å². The standard InChI is InChI=1S/C53H74N2O13/c1-47-17-14-32(67-24-8-23-66-4)25-36(47)38(59)26-40-51(47)16-6-9-31-28-55(31)46(61)43-50(18-13-30(27-50)33-10-5-12-37(58)34(33)11-7-22-56)41-35(29-57)44(68-42(41)45(60)54-43)53(64,65)49(3,62)39-15-19-52(40,63)48(39,2)20-21-51/h5,10,12,26,30-32,35-36,39,41-45,54,56-58,60,62-65H,7-9,11,13-15,17-25,27-29H2,1-4H3/t30-,31+,32+,35-,36+,39+,41-,42+,43+,44+,45-,47+,48-,49+,50-,51+,52-,55?/m1/s1. The fourth-order valence-corrected chi connectivity index (χ4v) is 16.5. The van der Waals surface area contributed by atoms with Gasteiger partial charge in [0.25, 0.3) is 0 Å². The number of ether oxygens (including phenoxy) is 3. The topological polar surface area (TPSA) is 239 Å². The Morgan fingerprint density at radius 2 is 1.75 bits per heavy atom. The van der Waals surface area contributed by atoms with Crippen LogP contribution in [0.2, 0.25) is 0 Å². The molecule has 7 bridgehead atoms. The van der Waals surface area contributed by atoms with E-state index < -0.39 is 93.4 Å². The van der Waals surface area contributed by atoms with E-state index in [0.29, 0.717) is 96.0 Å². The lowest BCUT2D eigenvalue weighted by Crippen LogP contribution is -2.70. The predicted molar refractivity (Wildman–Crippen MR) is 246 cm³/mol. The van der Waals surface area contributed by atoms with Crippen LogP contribution < -0.4 is 5.32 Å². The number of aliphatic hydroxyl groups excluding tert-OH is 3. The van der Waals surface area contributed by atoms with Crippen LogP contribution in [-0.4, -0.2) is 151 Å². The maximum Gasteiger partial charge on any atom is 0.240 e. The summed E-state index contributed by atoms with van der Waals surface area (Å²) in [7, 11) is 1.66. The Labute approximate surface area is 399 Å². The first-order valence-electron chi connectivity index (χ1n) is 25.5. The Morgan fingerprint density at radius 3 is 2.50 bits per heavy atom. The van der Waals surface area contributed by atoms with Crippen LogP contribution in [0.3, 0.4) is 0 Å². The van der Waals surface area contributed by atoms with E-state index in [2.05, 4.69) is 24.1 Å². The van der Waals surface area contributed by atoms with Crippen LogP contribution in [0.4, 0.5) is 0 Å². The van der Waals surface area contributed by atoms with Crippen molar-refractivity contribution in [3.8, 4) is 17.6 Å². The monoisotopic (exact) mass is 947 g/mol. The van der Waals surface area contributed by atoms with Crippen molar-refractivity contribution >= 4 is 11.7 Å². The molecule has 1 aromatic carbocycles. The van der Waals surface area contributed by atoms with Gasteiger partial charge in [-0.2, -0.15) is 0 Å². The first-order chi connectivity index (χ1) is 32.3. The molecular formula is C53H74N2O13. The zero-order chi connectivity index (χ0) is 48.4. The second kappa shape index (κ2) is 17.1. The lowest BCUT2D eigenvalue weighted by atomic mass is 9.39. The Morgan fingerprint density at radius 1 is 0.956 bits per heavy atom. The normalized spacial score (nSPS) is 46.7. The molecule has 0 unspecified atom stereocenters. The average molecular weight is 947 g/mol. The molecule has 10 aliphatic rings. The first-order valence-corrected chi connectivity index (χ1v) is 25.5. The fourth-order valence-electron chi connectivity index (χ4n) is 16.5. The van der Waals surface area contributed by atoms with Crippen LogP contribution in [0.25, 0.3) is 0 Å². The number of aliphatic hydroxyl groups is 7. The SMILES string of the molecule is COCCCO[C@H]1CC[C@@]2(C)[C@@H](C1)C(=O)C=C1[C@]3(O)CC[C@@H]4[C@](C)(O)C(O)(O)[C@H]5O[C@H]6[C@@H]([C@H]5CO)[C@]5(CC[C@@H](c7cccc(O)c7CCCO)C5)[C@@H](N[C@@H]6O)C(=O)N5C[C@@H]5CC#C[C@]12CC[C@]43C. The van der Waals surface area contributed by atoms with Crippen LogP contribution in [0.1, 0.15) is 121 Å². The summed E-state index contributed by atoms with van der Waals surface area (Å²) in [6.07, 6.45) is 3.60. The van der Waals surface area contributed by atoms with Gasteiger partial charge in [0, 0.05) is 81.0 Å². The number of aromatic hydroxyl groups is 1. The number of amides is 1. The second-order valence-corrected chi connectivity index (χ2v) is 23.1. The molecule has 5 heterocycles. The van der Waals surface area contributed by atoms with E-state index in [9.17, 15) is 45.6 Å². The number of phenols is 1. The van der Waals surface area contributed by atoms with E-state index in [0.717, 1.165) is 17.5 Å². The number of ketones is 1. The van der Waals surface area contributed by atoms with Crippen molar-refractivity contribution in [3.05, 3.63) is 41.0 Å². The van der Waals surface area contributed by atoms with Crippen molar-refractivity contribution in [3.63, 3.8) is 0 Å². The lowest BCUT2D eigenvalue weighted by molar-refractivity contribution is -0.345. The molecule has 3 saturated heterocycles. The molecule has 17 atom stereocenters. The zero-order valence-electron chi connectivity index (χ0n) is 40.2. The highest BCUT2D eigenvalue weighted by atomic mass is 16.6. The summed E-state index contributed by atoms with van der Waals surface area (Å²) in [5.41, 5.74) is -5.74. The van der Waals surface area contributed by atoms with Crippen molar-refractivity contribution in [2.24, 2.45) is 45.3 Å². The zero-order valence-corrected chi connectivity index (χ0v) is 40.2. The van der Waals surface area contributed by atoms with E-state index in [-0.39, 0.29) is 55.0 Å². The van der Waals surface area contributed by atoms with E-state index in [4.69, 9.17) is 14.2 Å². The third kappa shape index (κ3) is 6.78. The number of piperidine rings is 1. The third-order valence-electron chi connectivity index (χ3n) is 20.2. The van der Waals surface area contributed by atoms with Gasteiger partial charge in [0.1, 0.15) is 29.8 Å². The number of carbonyl (C=O) groups excluding carboxylic acids is 2. The minimum absolute atomic E-state index is 0.0554. The minimum atomic E-state index is -3.06. The van der Waals surface area contributed by atoms with Crippen molar-refractivity contribution in [1.82, 2.24) is 10.2 Å². The van der Waals surface area contributed by atoms with Gasteiger partial charge in [-0.25, -0.2) is 0 Å². The lowest BCUT2D eigenvalue weighted by Gasteiger charge is -2.64. The maximum absolute atomic E-state index is 15.2. The Kier molecular flexibility index (Phi) is 12.2. The predicted octanol–water partition coefficient (Wildman–Crippen LogP) is 2.57. The molecule has 4 saturated carbocycles. The largest absolute Gasteiger partial charge is 0.508 e. The van der Waals surface area contributed by atoms with Gasteiger partial charge in [0.05, 0.1) is 29.2 Å². The summed E-state index contributed by atoms with van der Waals surface area (Å²) < 4.78 is 18.2. The smallest absolute Gasteiger partial charge is 0.240 e. The summed E-state index contributed by atoms with van der Waals surface area (Å²) in [4.78, 5) is 31.6.